The van der Waals surface area contributed by atoms with Gasteiger partial charge in [-0.15, -0.1) is 0 Å². The summed E-state index contributed by atoms with van der Waals surface area (Å²) < 4.78 is 48.2. The summed E-state index contributed by atoms with van der Waals surface area (Å²) in [7, 11) is 0. The van der Waals surface area contributed by atoms with Crippen LogP contribution in [0.1, 0.15) is 98.8 Å². The third-order valence-electron chi connectivity index (χ3n) is 21.9. The number of aliphatic carboxylic acids is 1. The molecular weight excluding hydrogens is 1020 g/mol. The molecule has 0 aromatic heterocycles. The Balaban J connectivity index is 0.954. The Labute approximate surface area is 448 Å². The molecule has 77 heavy (non-hydrogen) atoms. The molecule has 0 spiro atoms. The number of ether oxygens (including phenoxy) is 8. The van der Waals surface area contributed by atoms with Crippen molar-refractivity contribution in [1.82, 2.24) is 0 Å². The lowest BCUT2D eigenvalue weighted by atomic mass is 9.31. The molecule has 0 aromatic rings. The van der Waals surface area contributed by atoms with E-state index in [2.05, 4.69) is 27.7 Å². The lowest BCUT2D eigenvalue weighted by Crippen LogP contribution is -2.67. The molecule has 9 aliphatic rings. The molecule has 0 radical (unpaired) electrons. The summed E-state index contributed by atoms with van der Waals surface area (Å²) in [5, 5.41) is 160. The van der Waals surface area contributed by atoms with Gasteiger partial charge in [0.2, 0.25) is 0 Å². The fraction of sp³-hybridized carbons (Fsp3) is 0.981. The Hall–Kier alpha value is -1.41. The predicted octanol–water partition coefficient (Wildman–Crippen LogP) is -2.95. The zero-order valence-corrected chi connectivity index (χ0v) is 44.7. The van der Waals surface area contributed by atoms with Crippen molar-refractivity contribution in [2.75, 3.05) is 39.6 Å². The van der Waals surface area contributed by atoms with Crippen LogP contribution < -0.4 is 0 Å². The maximum atomic E-state index is 14.3. The van der Waals surface area contributed by atoms with Crippen molar-refractivity contribution in [3.63, 3.8) is 0 Å². The highest BCUT2D eigenvalue weighted by atomic mass is 16.8. The van der Waals surface area contributed by atoms with Crippen LogP contribution in [-0.2, 0) is 42.7 Å². The quantitative estimate of drug-likeness (QED) is 0.0735. The zero-order chi connectivity index (χ0) is 56.1. The van der Waals surface area contributed by atoms with Gasteiger partial charge in [-0.1, -0.05) is 41.0 Å². The maximum Gasteiger partial charge on any atom is 0.310 e. The van der Waals surface area contributed by atoms with Crippen LogP contribution in [0.25, 0.3) is 0 Å². The van der Waals surface area contributed by atoms with Crippen LogP contribution in [0.5, 0.6) is 0 Å². The summed E-state index contributed by atoms with van der Waals surface area (Å²) in [5.41, 5.74) is -2.92. The number of rotatable bonds is 16. The van der Waals surface area contributed by atoms with Crippen molar-refractivity contribution in [3.8, 4) is 0 Å². The first kappa shape index (κ1) is 60.2. The van der Waals surface area contributed by atoms with E-state index in [4.69, 9.17) is 37.9 Å². The van der Waals surface area contributed by atoms with E-state index in [0.717, 1.165) is 44.9 Å². The van der Waals surface area contributed by atoms with Crippen LogP contribution in [0.4, 0.5) is 0 Å². The molecule has 31 unspecified atom stereocenters. The SMILES string of the molecule is CC(CO)C1C(OC2OC(CO)C(O)C(O)C2O)CC2(C(=O)O)C1CCC1(C)C2CCC2C3(C)CCCC(C)(COC4OC(COC5OC(CO)C(O)C(O)C5O)C(O)C(O)C4OC4OC(CO)C(O)C4O)C3CCC21C. The number of hydrogen-bond donors (Lipinski definition) is 15. The number of hydrogen-bond acceptors (Lipinski definition) is 23. The van der Waals surface area contributed by atoms with E-state index in [9.17, 15) is 81.4 Å². The van der Waals surface area contributed by atoms with Gasteiger partial charge in [-0.05, 0) is 115 Å². The molecule has 4 aliphatic heterocycles. The molecule has 9 rings (SSSR count). The molecule has 4 heterocycles. The topological polar surface area (TPSA) is 394 Å². The summed E-state index contributed by atoms with van der Waals surface area (Å²) in [4.78, 5) is 14.3. The van der Waals surface area contributed by atoms with Gasteiger partial charge < -0.3 is 114 Å². The summed E-state index contributed by atoms with van der Waals surface area (Å²) in [5.74, 6) is -2.31. The summed E-state index contributed by atoms with van der Waals surface area (Å²) >= 11 is 0. The molecule has 0 bridgehead atoms. The number of fused-ring (bicyclic) bond motifs is 7. The molecule has 31 atom stereocenters. The average molecular weight is 1110 g/mol. The largest absolute Gasteiger partial charge is 0.481 e. The van der Waals surface area contributed by atoms with Crippen molar-refractivity contribution in [2.24, 2.45) is 62.6 Å². The second-order valence-electron chi connectivity index (χ2n) is 25.6. The molecule has 4 saturated heterocycles. The molecule has 0 amide bonds. The van der Waals surface area contributed by atoms with Gasteiger partial charge in [-0.25, -0.2) is 0 Å². The van der Waals surface area contributed by atoms with Crippen molar-refractivity contribution >= 4 is 5.97 Å². The van der Waals surface area contributed by atoms with Crippen LogP contribution >= 0.6 is 0 Å². The third-order valence-corrected chi connectivity index (χ3v) is 21.9. The first-order valence-electron chi connectivity index (χ1n) is 28.0. The first-order valence-corrected chi connectivity index (χ1v) is 28.0. The van der Waals surface area contributed by atoms with Gasteiger partial charge >= 0.3 is 5.97 Å². The number of aliphatic hydroxyl groups excluding tert-OH is 14. The van der Waals surface area contributed by atoms with E-state index < -0.39 is 189 Å². The lowest BCUT2D eigenvalue weighted by molar-refractivity contribution is -0.354. The summed E-state index contributed by atoms with van der Waals surface area (Å²) in [6.07, 6.45) is -23.9. The van der Waals surface area contributed by atoms with Crippen LogP contribution in [0.2, 0.25) is 0 Å². The van der Waals surface area contributed by atoms with Crippen molar-refractivity contribution in [3.05, 3.63) is 0 Å². The molecule has 5 aliphatic carbocycles. The van der Waals surface area contributed by atoms with Gasteiger partial charge in [0, 0.05) is 6.61 Å². The van der Waals surface area contributed by atoms with Crippen LogP contribution in [0.15, 0.2) is 0 Å². The Morgan fingerprint density at radius 2 is 1.05 bits per heavy atom. The minimum atomic E-state index is -1.80. The van der Waals surface area contributed by atoms with Crippen LogP contribution in [0, 0.1) is 62.6 Å². The minimum absolute atomic E-state index is 0.0598. The zero-order valence-electron chi connectivity index (χ0n) is 44.7. The molecule has 24 heteroatoms. The monoisotopic (exact) mass is 1110 g/mol. The van der Waals surface area contributed by atoms with E-state index in [0.29, 0.717) is 12.8 Å². The lowest BCUT2D eigenvalue weighted by Gasteiger charge is -2.72. The number of carbonyl (C=O) groups is 1. The first-order chi connectivity index (χ1) is 36.3. The molecular formula is C53H88O24. The molecule has 24 nitrogen and oxygen atoms in total. The van der Waals surface area contributed by atoms with Crippen LogP contribution in [-0.4, -0.2) is 245 Å². The fourth-order valence-corrected chi connectivity index (χ4v) is 17.7. The molecule has 15 N–H and O–H groups in total. The van der Waals surface area contributed by atoms with E-state index in [-0.39, 0.29) is 48.2 Å². The number of carboxylic acid groups (broad SMARTS) is 1. The Morgan fingerprint density at radius 3 is 1.65 bits per heavy atom. The van der Waals surface area contributed by atoms with Gasteiger partial charge in [0.05, 0.1) is 44.6 Å². The highest BCUT2D eigenvalue weighted by Gasteiger charge is 2.75. The van der Waals surface area contributed by atoms with Crippen LogP contribution in [0.3, 0.4) is 0 Å². The standard InChI is InChI=1S/C53H88O24/c1-22(16-54)32-23-9-13-52(5)31(53(23,48(68)69)15-24(32)72-45-42(67)38(63)34(59)26(18-56)74-45)8-7-30-50(3)12-6-11-49(2,29(50)10-14-51(30,52)4)21-71-47-43(77-46-40(65)35(60)27(19-57)75-46)39(64)36(61)28(76-47)20-70-44-41(66)37(62)33(58)25(17-55)73-44/h22-47,54-67H,6-21H2,1-5H3,(H,68,69). The predicted molar refractivity (Wildman–Crippen MR) is 260 cm³/mol. The summed E-state index contributed by atoms with van der Waals surface area (Å²) in [6, 6.07) is 0. The maximum absolute atomic E-state index is 14.3. The van der Waals surface area contributed by atoms with E-state index in [1.807, 2.05) is 6.92 Å². The molecule has 5 saturated carbocycles. The highest BCUT2D eigenvalue weighted by molar-refractivity contribution is 5.77. The smallest absolute Gasteiger partial charge is 0.310 e. The van der Waals surface area contributed by atoms with Crippen molar-refractivity contribution < 1.29 is 119 Å². The number of aliphatic hydroxyl groups is 14. The fourth-order valence-electron chi connectivity index (χ4n) is 17.7. The van der Waals surface area contributed by atoms with E-state index >= 15 is 0 Å². The number of carboxylic acids is 1. The molecule has 0 aromatic carbocycles. The molecule has 444 valence electrons. The third kappa shape index (κ3) is 9.77. The van der Waals surface area contributed by atoms with Gasteiger partial charge in [0.15, 0.2) is 25.2 Å². The Kier molecular flexibility index (Phi) is 17.7. The van der Waals surface area contributed by atoms with Gasteiger partial charge in [-0.3, -0.25) is 4.79 Å². The Bertz CT molecular complexity index is 2020. The van der Waals surface area contributed by atoms with E-state index in [1.54, 1.807) is 0 Å². The highest BCUT2D eigenvalue weighted by Crippen LogP contribution is 2.78. The summed E-state index contributed by atoms with van der Waals surface area (Å²) in [6.45, 7) is 8.19. The normalized spacial score (nSPS) is 55.2. The second kappa shape index (κ2) is 22.6. The molecule has 9 fully saturated rings. The van der Waals surface area contributed by atoms with Gasteiger partial charge in [0.25, 0.3) is 0 Å². The van der Waals surface area contributed by atoms with E-state index in [1.165, 1.54) is 0 Å². The van der Waals surface area contributed by atoms with Crippen molar-refractivity contribution in [1.29, 1.82) is 0 Å². The second-order valence-corrected chi connectivity index (χ2v) is 25.6. The van der Waals surface area contributed by atoms with Gasteiger partial charge in [-0.2, -0.15) is 0 Å². The minimum Gasteiger partial charge on any atom is -0.481 e. The average Bonchev–Trinajstić information content (AvgIpc) is 3.96. The van der Waals surface area contributed by atoms with Gasteiger partial charge in [0.1, 0.15) is 91.6 Å². The Morgan fingerprint density at radius 1 is 0.545 bits per heavy atom. The van der Waals surface area contributed by atoms with Crippen molar-refractivity contribution in [2.45, 2.75) is 222 Å².